The number of nitriles is 1. The van der Waals surface area contributed by atoms with Crippen molar-refractivity contribution in [3.8, 4) is 6.07 Å². The van der Waals surface area contributed by atoms with E-state index in [-0.39, 0.29) is 12.2 Å². The molecule has 0 aromatic heterocycles. The van der Waals surface area contributed by atoms with Crippen LogP contribution in [0.1, 0.15) is 23.6 Å². The predicted octanol–water partition coefficient (Wildman–Crippen LogP) is 2.52. The predicted molar refractivity (Wildman–Crippen MR) is 56.4 cm³/mol. The van der Waals surface area contributed by atoms with Crippen LogP contribution in [0.5, 0.6) is 0 Å². The van der Waals surface area contributed by atoms with Crippen molar-refractivity contribution in [2.75, 3.05) is 6.61 Å². The molecule has 0 atom stereocenters. The van der Waals surface area contributed by atoms with E-state index in [0.717, 1.165) is 6.07 Å². The lowest BCUT2D eigenvalue weighted by Crippen LogP contribution is -2.29. The number of esters is 1. The summed E-state index contributed by atoms with van der Waals surface area (Å²) in [4.78, 5) is 11.2. The molecule has 1 aromatic carbocycles. The van der Waals surface area contributed by atoms with Gasteiger partial charge in [-0.1, -0.05) is 18.2 Å². The number of benzene rings is 1. The zero-order valence-corrected chi connectivity index (χ0v) is 9.46. The molecule has 1 aromatic rings. The lowest BCUT2D eigenvalue weighted by molar-refractivity contribution is -0.173. The van der Waals surface area contributed by atoms with Gasteiger partial charge in [0, 0.05) is 0 Å². The van der Waals surface area contributed by atoms with E-state index in [1.807, 2.05) is 0 Å². The molecule has 17 heavy (non-hydrogen) atoms. The smallest absolute Gasteiger partial charge is 0.382 e. The van der Waals surface area contributed by atoms with E-state index in [2.05, 4.69) is 4.74 Å². The molecule has 1 rings (SSSR count). The number of aryl methyl sites for hydroxylation is 1. The van der Waals surface area contributed by atoms with Gasteiger partial charge in [-0.05, 0) is 19.4 Å². The molecule has 0 amide bonds. The summed E-state index contributed by atoms with van der Waals surface area (Å²) in [6.45, 7) is 2.83. The molecule has 0 saturated carbocycles. The second-order valence-corrected chi connectivity index (χ2v) is 3.40. The summed E-state index contributed by atoms with van der Waals surface area (Å²) in [5.41, 5.74) is -0.405. The van der Waals surface area contributed by atoms with Crippen molar-refractivity contribution in [1.82, 2.24) is 0 Å². The first kappa shape index (κ1) is 13.1. The van der Waals surface area contributed by atoms with Gasteiger partial charge in [-0.25, -0.2) is 4.79 Å². The zero-order chi connectivity index (χ0) is 13.1. The van der Waals surface area contributed by atoms with Gasteiger partial charge in [-0.3, -0.25) is 0 Å². The Kier molecular flexibility index (Phi) is 3.79. The summed E-state index contributed by atoms with van der Waals surface area (Å²) in [6.07, 6.45) is 0. The Labute approximate surface area is 97.6 Å². The lowest BCUT2D eigenvalue weighted by atomic mass is 9.98. The van der Waals surface area contributed by atoms with Crippen LogP contribution in [0, 0.1) is 18.3 Å². The first-order valence-corrected chi connectivity index (χ1v) is 5.00. The lowest BCUT2D eigenvalue weighted by Gasteiger charge is -2.16. The Morgan fingerprint density at radius 2 is 2.18 bits per heavy atom. The average molecular weight is 239 g/mol. The molecule has 0 spiro atoms. The van der Waals surface area contributed by atoms with Gasteiger partial charge in [0.15, 0.2) is 0 Å². The highest BCUT2D eigenvalue weighted by atomic mass is 19.3. The van der Waals surface area contributed by atoms with Gasteiger partial charge in [0.1, 0.15) is 0 Å². The number of alkyl halides is 2. The molecule has 0 N–H and O–H groups in total. The number of carbonyl (C=O) groups is 1. The Bertz CT molecular complexity index is 478. The van der Waals surface area contributed by atoms with E-state index in [9.17, 15) is 13.6 Å². The quantitative estimate of drug-likeness (QED) is 0.761. The normalized spacial score (nSPS) is 10.8. The number of halogens is 2. The van der Waals surface area contributed by atoms with Crippen LogP contribution in [-0.2, 0) is 15.5 Å². The fourth-order valence-electron chi connectivity index (χ4n) is 1.41. The highest BCUT2D eigenvalue weighted by molar-refractivity contribution is 5.80. The highest BCUT2D eigenvalue weighted by Crippen LogP contribution is 2.33. The van der Waals surface area contributed by atoms with Crippen molar-refractivity contribution in [3.63, 3.8) is 0 Å². The molecular weight excluding hydrogens is 228 g/mol. The van der Waals surface area contributed by atoms with Gasteiger partial charge in [-0.2, -0.15) is 14.0 Å². The maximum Gasteiger partial charge on any atom is 0.382 e. The molecule has 90 valence electrons. The molecule has 0 bridgehead atoms. The van der Waals surface area contributed by atoms with Crippen molar-refractivity contribution < 1.29 is 18.3 Å². The molecule has 0 fully saturated rings. The maximum atomic E-state index is 13.7. The Morgan fingerprint density at radius 1 is 1.53 bits per heavy atom. The average Bonchev–Trinajstić information content (AvgIpc) is 2.29. The molecule has 0 aliphatic heterocycles. The molecule has 3 nitrogen and oxygen atoms in total. The molecule has 0 aliphatic carbocycles. The molecule has 0 unspecified atom stereocenters. The van der Waals surface area contributed by atoms with E-state index in [4.69, 9.17) is 5.26 Å². The van der Waals surface area contributed by atoms with E-state index in [1.54, 1.807) is 6.07 Å². The zero-order valence-electron chi connectivity index (χ0n) is 9.46. The SMILES string of the molecule is CCOC(=O)C(F)(F)c1cccc(C)c1C#N. The van der Waals surface area contributed by atoms with Crippen molar-refractivity contribution in [3.05, 3.63) is 34.9 Å². The van der Waals surface area contributed by atoms with Crippen LogP contribution >= 0.6 is 0 Å². The van der Waals surface area contributed by atoms with Gasteiger partial charge in [0.25, 0.3) is 0 Å². The van der Waals surface area contributed by atoms with Crippen LogP contribution in [0.4, 0.5) is 8.78 Å². The number of nitrogens with zero attached hydrogens (tertiary/aromatic N) is 1. The van der Waals surface area contributed by atoms with Crippen LogP contribution in [-0.4, -0.2) is 12.6 Å². The third-order valence-corrected chi connectivity index (χ3v) is 2.25. The molecule has 0 heterocycles. The fourth-order valence-corrected chi connectivity index (χ4v) is 1.41. The molecule has 5 heteroatoms. The second kappa shape index (κ2) is 4.91. The topological polar surface area (TPSA) is 50.1 Å². The fraction of sp³-hybridized carbons (Fsp3) is 0.333. The first-order chi connectivity index (χ1) is 7.95. The minimum Gasteiger partial charge on any atom is -0.461 e. The highest BCUT2D eigenvalue weighted by Gasteiger charge is 2.44. The van der Waals surface area contributed by atoms with Crippen LogP contribution in [0.25, 0.3) is 0 Å². The number of carbonyl (C=O) groups excluding carboxylic acids is 1. The largest absolute Gasteiger partial charge is 0.461 e. The van der Waals surface area contributed by atoms with Crippen molar-refractivity contribution in [2.45, 2.75) is 19.8 Å². The van der Waals surface area contributed by atoms with Gasteiger partial charge in [-0.15, -0.1) is 0 Å². The summed E-state index contributed by atoms with van der Waals surface area (Å²) in [5, 5.41) is 8.84. The van der Waals surface area contributed by atoms with E-state index in [1.165, 1.54) is 26.0 Å². The van der Waals surface area contributed by atoms with Crippen molar-refractivity contribution in [1.29, 1.82) is 5.26 Å². The monoisotopic (exact) mass is 239 g/mol. The van der Waals surface area contributed by atoms with Gasteiger partial charge in [0.2, 0.25) is 0 Å². The summed E-state index contributed by atoms with van der Waals surface area (Å²) >= 11 is 0. The molecule has 0 aliphatic rings. The first-order valence-electron chi connectivity index (χ1n) is 5.00. The van der Waals surface area contributed by atoms with Gasteiger partial charge in [0.05, 0.1) is 23.8 Å². The Hall–Kier alpha value is -1.96. The van der Waals surface area contributed by atoms with E-state index < -0.39 is 17.5 Å². The molecular formula is C12H11F2NO2. The van der Waals surface area contributed by atoms with Gasteiger partial charge < -0.3 is 4.74 Å². The second-order valence-electron chi connectivity index (χ2n) is 3.40. The number of ether oxygens (including phenoxy) is 1. The number of rotatable bonds is 3. The van der Waals surface area contributed by atoms with E-state index in [0.29, 0.717) is 5.56 Å². The summed E-state index contributed by atoms with van der Waals surface area (Å²) < 4.78 is 31.8. The third-order valence-electron chi connectivity index (χ3n) is 2.25. The third kappa shape index (κ3) is 2.41. The van der Waals surface area contributed by atoms with Crippen LogP contribution in [0.15, 0.2) is 18.2 Å². The van der Waals surface area contributed by atoms with Crippen LogP contribution in [0.3, 0.4) is 0 Å². The minimum atomic E-state index is -3.80. The summed E-state index contributed by atoms with van der Waals surface area (Å²) in [5.74, 6) is -5.44. The van der Waals surface area contributed by atoms with E-state index >= 15 is 0 Å². The van der Waals surface area contributed by atoms with Gasteiger partial charge >= 0.3 is 11.9 Å². The Balaban J connectivity index is 3.29. The summed E-state index contributed by atoms with van der Waals surface area (Å²) in [7, 11) is 0. The van der Waals surface area contributed by atoms with Crippen molar-refractivity contribution >= 4 is 5.97 Å². The van der Waals surface area contributed by atoms with Crippen LogP contribution in [0.2, 0.25) is 0 Å². The van der Waals surface area contributed by atoms with Crippen molar-refractivity contribution in [2.24, 2.45) is 0 Å². The Morgan fingerprint density at radius 3 is 2.71 bits per heavy atom. The number of hydrogen-bond acceptors (Lipinski definition) is 3. The van der Waals surface area contributed by atoms with Crippen LogP contribution < -0.4 is 0 Å². The number of hydrogen-bond donors (Lipinski definition) is 0. The summed E-state index contributed by atoms with van der Waals surface area (Å²) in [6, 6.07) is 5.64. The minimum absolute atomic E-state index is 0.137. The molecule has 0 radical (unpaired) electrons. The molecule has 0 saturated heterocycles. The standard InChI is InChI=1S/C12H11F2NO2/c1-3-17-11(16)12(13,14)10-6-4-5-8(2)9(10)7-15/h4-6H,3H2,1-2H3. The maximum absolute atomic E-state index is 13.7.